The number of hydrogen-bond donors (Lipinski definition) is 3. The van der Waals surface area contributed by atoms with Crippen molar-refractivity contribution in [1.29, 1.82) is 5.26 Å². The number of nitrogens with zero attached hydrogens (tertiary/aromatic N) is 5. The van der Waals surface area contributed by atoms with Gasteiger partial charge in [-0.1, -0.05) is 48.5 Å². The molecule has 4 aromatic rings. The number of allylic oxidation sites excluding steroid dienone is 1. The van der Waals surface area contributed by atoms with Crippen molar-refractivity contribution in [1.82, 2.24) is 5.01 Å². The molecule has 5 rings (SSSR count). The number of nitrogens with two attached hydrogens (primary N) is 3. The summed E-state index contributed by atoms with van der Waals surface area (Å²) in [5, 5.41) is 23.1. The van der Waals surface area contributed by atoms with E-state index in [0.717, 1.165) is 16.1 Å². The van der Waals surface area contributed by atoms with Crippen molar-refractivity contribution in [3.8, 4) is 29.1 Å². The van der Waals surface area contributed by atoms with Crippen molar-refractivity contribution in [2.75, 3.05) is 0 Å². The van der Waals surface area contributed by atoms with Gasteiger partial charge in [-0.15, -0.1) is 0 Å². The van der Waals surface area contributed by atoms with Crippen LogP contribution in [-0.2, 0) is 6.42 Å². The number of guanidine groups is 1. The number of rotatable bonds is 10. The highest BCUT2D eigenvalue weighted by molar-refractivity contribution is 6.00. The SMILES string of the molecule is Cc1cc(N=C(N)N)cc(OC2N=C(Cc3ccccc3)C([N+](=O)[O-])=C(Oc3cc(C#N)ccc3Oc3ccccc3)N2N)c1. The van der Waals surface area contributed by atoms with Crippen molar-refractivity contribution < 1.29 is 19.1 Å². The summed E-state index contributed by atoms with van der Waals surface area (Å²) in [7, 11) is 0. The minimum atomic E-state index is -1.31. The zero-order valence-corrected chi connectivity index (χ0v) is 24.0. The first-order chi connectivity index (χ1) is 21.7. The van der Waals surface area contributed by atoms with Crippen LogP contribution in [0.5, 0.6) is 23.0 Å². The van der Waals surface area contributed by atoms with Crippen molar-refractivity contribution >= 4 is 17.4 Å². The molecular weight excluding hydrogens is 576 g/mol. The van der Waals surface area contributed by atoms with E-state index in [4.69, 9.17) is 31.5 Å². The number of aliphatic imine (C=N–C) groups is 2. The number of nitro groups is 1. The van der Waals surface area contributed by atoms with Crippen LogP contribution in [0.2, 0.25) is 0 Å². The Bertz CT molecular complexity index is 1850. The van der Waals surface area contributed by atoms with Crippen LogP contribution >= 0.6 is 0 Å². The van der Waals surface area contributed by atoms with E-state index >= 15 is 0 Å². The van der Waals surface area contributed by atoms with Gasteiger partial charge in [0.15, 0.2) is 17.5 Å². The lowest BCUT2D eigenvalue weighted by atomic mass is 10.1. The molecule has 0 radical (unpaired) electrons. The smallest absolute Gasteiger partial charge is 0.352 e. The highest BCUT2D eigenvalue weighted by Gasteiger charge is 2.40. The molecule has 1 unspecified atom stereocenters. The second kappa shape index (κ2) is 13.3. The third-order valence-corrected chi connectivity index (χ3v) is 6.40. The van der Waals surface area contributed by atoms with Crippen LogP contribution in [0, 0.1) is 28.4 Å². The predicted octanol–water partition coefficient (Wildman–Crippen LogP) is 4.62. The molecular formula is C32H28N8O5. The Hall–Kier alpha value is -6.39. The fraction of sp³-hybridized carbons (Fsp3) is 0.0938. The normalized spacial score (nSPS) is 14.2. The molecule has 45 heavy (non-hydrogen) atoms. The molecule has 6 N–H and O–H groups in total. The van der Waals surface area contributed by atoms with Gasteiger partial charge in [0, 0.05) is 18.6 Å². The molecule has 0 aliphatic carbocycles. The molecule has 226 valence electrons. The van der Waals surface area contributed by atoms with Gasteiger partial charge in [0.2, 0.25) is 0 Å². The lowest BCUT2D eigenvalue weighted by Gasteiger charge is -2.31. The van der Waals surface area contributed by atoms with Crippen molar-refractivity contribution in [3.05, 3.63) is 135 Å². The number of ether oxygens (including phenoxy) is 3. The van der Waals surface area contributed by atoms with E-state index in [0.29, 0.717) is 17.2 Å². The van der Waals surface area contributed by atoms with E-state index in [1.54, 1.807) is 42.5 Å². The van der Waals surface area contributed by atoms with E-state index in [1.807, 2.05) is 49.4 Å². The molecule has 13 nitrogen and oxygen atoms in total. The highest BCUT2D eigenvalue weighted by Crippen LogP contribution is 2.36. The maximum absolute atomic E-state index is 12.6. The molecule has 0 fully saturated rings. The Labute approximate surface area is 258 Å². The molecule has 0 spiro atoms. The van der Waals surface area contributed by atoms with Crippen LogP contribution in [-0.4, -0.2) is 28.0 Å². The number of hydrogen-bond acceptors (Lipinski definition) is 10. The van der Waals surface area contributed by atoms with E-state index in [9.17, 15) is 15.4 Å². The molecule has 0 bridgehead atoms. The van der Waals surface area contributed by atoms with Gasteiger partial charge < -0.3 is 25.7 Å². The topological polar surface area (TPSA) is 201 Å². The fourth-order valence-electron chi connectivity index (χ4n) is 4.48. The molecule has 13 heteroatoms. The summed E-state index contributed by atoms with van der Waals surface area (Å²) in [6, 6.07) is 29.5. The Balaban J connectivity index is 1.60. The van der Waals surface area contributed by atoms with Crippen molar-refractivity contribution in [2.24, 2.45) is 27.3 Å². The molecule has 0 saturated carbocycles. The maximum Gasteiger partial charge on any atom is 0.352 e. The first-order valence-corrected chi connectivity index (χ1v) is 13.6. The monoisotopic (exact) mass is 604 g/mol. The van der Waals surface area contributed by atoms with Gasteiger partial charge in [-0.2, -0.15) is 5.26 Å². The van der Waals surface area contributed by atoms with Gasteiger partial charge in [-0.25, -0.2) is 20.8 Å². The van der Waals surface area contributed by atoms with E-state index in [1.165, 1.54) is 18.2 Å². The largest absolute Gasteiger partial charge is 0.453 e. The van der Waals surface area contributed by atoms with Crippen LogP contribution in [0.1, 0.15) is 16.7 Å². The van der Waals surface area contributed by atoms with Crippen LogP contribution in [0.4, 0.5) is 5.69 Å². The minimum Gasteiger partial charge on any atom is -0.453 e. The zero-order valence-electron chi connectivity index (χ0n) is 24.0. The Kier molecular flexibility index (Phi) is 8.88. The standard InChI is InChI=1S/C32H28N8O5/c1-20-14-23(37-31(34)35)18-25(15-20)44-32-38-26(16-21-8-4-2-5-9-21)29(40(41)42)30(39(32)36)45-28-17-22(19-33)12-13-27(28)43-24-10-6-3-7-11-24/h2-15,17-18,32H,16,36H2,1H3,(H4,34,35,37). The lowest BCUT2D eigenvalue weighted by Crippen LogP contribution is -2.49. The van der Waals surface area contributed by atoms with Gasteiger partial charge in [0.1, 0.15) is 17.2 Å². The average Bonchev–Trinajstić information content (AvgIpc) is 3.00. The summed E-state index contributed by atoms with van der Waals surface area (Å²) in [4.78, 5) is 20.6. The number of aryl methyl sites for hydroxylation is 1. The van der Waals surface area contributed by atoms with Crippen LogP contribution < -0.4 is 31.5 Å². The molecule has 0 saturated heterocycles. The first-order valence-electron chi connectivity index (χ1n) is 13.6. The third-order valence-electron chi connectivity index (χ3n) is 6.40. The second-order valence-corrected chi connectivity index (χ2v) is 9.83. The number of nitriles is 1. The van der Waals surface area contributed by atoms with Gasteiger partial charge in [-0.05, 0) is 54.4 Å². The van der Waals surface area contributed by atoms with Crippen LogP contribution in [0.3, 0.4) is 0 Å². The van der Waals surface area contributed by atoms with Crippen LogP contribution in [0.25, 0.3) is 0 Å². The Morgan fingerprint density at radius 2 is 1.69 bits per heavy atom. The van der Waals surface area contributed by atoms with Crippen molar-refractivity contribution in [2.45, 2.75) is 19.7 Å². The number of hydrazine groups is 1. The average molecular weight is 605 g/mol. The Morgan fingerprint density at radius 1 is 0.978 bits per heavy atom. The molecule has 1 atom stereocenters. The summed E-state index contributed by atoms with van der Waals surface area (Å²) in [5.74, 6) is 6.92. The molecule has 4 aromatic carbocycles. The number of para-hydroxylation sites is 1. The van der Waals surface area contributed by atoms with Gasteiger partial charge in [0.25, 0.3) is 12.2 Å². The third kappa shape index (κ3) is 7.34. The van der Waals surface area contributed by atoms with E-state index < -0.39 is 17.0 Å². The molecule has 0 aromatic heterocycles. The van der Waals surface area contributed by atoms with Gasteiger partial charge in [-0.3, -0.25) is 10.1 Å². The predicted molar refractivity (Wildman–Crippen MR) is 167 cm³/mol. The summed E-state index contributed by atoms with van der Waals surface area (Å²) in [6.45, 7) is 1.82. The molecule has 1 aliphatic heterocycles. The summed E-state index contributed by atoms with van der Waals surface area (Å²) >= 11 is 0. The molecule has 0 amide bonds. The maximum atomic E-state index is 12.6. The zero-order chi connectivity index (χ0) is 31.9. The van der Waals surface area contributed by atoms with Gasteiger partial charge >= 0.3 is 5.70 Å². The molecule has 1 aliphatic rings. The van der Waals surface area contributed by atoms with Crippen molar-refractivity contribution in [3.63, 3.8) is 0 Å². The highest BCUT2D eigenvalue weighted by atomic mass is 16.6. The van der Waals surface area contributed by atoms with Gasteiger partial charge in [0.05, 0.1) is 22.2 Å². The van der Waals surface area contributed by atoms with E-state index in [-0.39, 0.29) is 41.0 Å². The van der Waals surface area contributed by atoms with E-state index in [2.05, 4.69) is 9.98 Å². The van der Waals surface area contributed by atoms with Crippen LogP contribution in [0.15, 0.2) is 119 Å². The first kappa shape index (κ1) is 30.1. The quantitative estimate of drug-likeness (QED) is 0.0753. The fourth-order valence-corrected chi connectivity index (χ4v) is 4.48. The summed E-state index contributed by atoms with van der Waals surface area (Å²) in [6.07, 6.45) is -1.25. The second-order valence-electron chi connectivity index (χ2n) is 9.83. The Morgan fingerprint density at radius 3 is 2.36 bits per heavy atom. The summed E-state index contributed by atoms with van der Waals surface area (Å²) < 4.78 is 18.3. The number of benzene rings is 4. The molecule has 1 heterocycles. The summed E-state index contributed by atoms with van der Waals surface area (Å²) in [5.41, 5.74) is 12.9. The lowest BCUT2D eigenvalue weighted by molar-refractivity contribution is -0.420. The minimum absolute atomic E-state index is 0.00742.